The number of aromatic amines is 1. The van der Waals surface area contributed by atoms with Gasteiger partial charge in [0, 0.05) is 27.9 Å². The summed E-state index contributed by atoms with van der Waals surface area (Å²) in [5.41, 5.74) is 5.74. The third kappa shape index (κ3) is 4.29. The number of hydrogen-bond donors (Lipinski definition) is 4. The van der Waals surface area contributed by atoms with E-state index in [9.17, 15) is 10.2 Å². The van der Waals surface area contributed by atoms with Gasteiger partial charge in [0.2, 0.25) is 0 Å². The van der Waals surface area contributed by atoms with E-state index in [1.54, 1.807) is 24.4 Å². The number of aliphatic hydroxyl groups is 1. The predicted octanol–water partition coefficient (Wildman–Crippen LogP) is 6.40. The number of hydrogen-bond acceptors (Lipinski definition) is 4. The third-order valence-electron chi connectivity index (χ3n) is 5.69. The van der Waals surface area contributed by atoms with Gasteiger partial charge in [0.15, 0.2) is 0 Å². The lowest BCUT2D eigenvalue weighted by Crippen LogP contribution is -2.15. The first-order valence-electron chi connectivity index (χ1n) is 10.6. The monoisotopic (exact) mass is 455 g/mol. The lowest BCUT2D eigenvalue weighted by Gasteiger charge is -2.20. The summed E-state index contributed by atoms with van der Waals surface area (Å²) < 4.78 is 0. The van der Waals surface area contributed by atoms with Crippen LogP contribution in [0.25, 0.3) is 33.3 Å². The molecule has 0 bridgehead atoms. The van der Waals surface area contributed by atoms with E-state index in [0.717, 1.165) is 33.3 Å². The maximum Gasteiger partial charge on any atom is 0.125 e. The molecule has 0 saturated carbocycles. The SMILES string of the molecule is OC[C@H](Nc1cnc(-c2cc(Cl)ccc2O)c(-c2ccc3[nH]ccc3c2)c1)c1ccccc1. The van der Waals surface area contributed by atoms with Crippen molar-refractivity contribution in [2.24, 2.45) is 0 Å². The van der Waals surface area contributed by atoms with Crippen molar-refractivity contribution in [2.45, 2.75) is 6.04 Å². The van der Waals surface area contributed by atoms with Crippen molar-refractivity contribution >= 4 is 28.2 Å². The number of phenolic OH excluding ortho intramolecular Hbond substituents is 1. The van der Waals surface area contributed by atoms with E-state index in [1.807, 2.05) is 60.8 Å². The minimum absolute atomic E-state index is 0.0640. The zero-order valence-electron chi connectivity index (χ0n) is 17.7. The number of H-pyrrole nitrogens is 1. The molecule has 164 valence electrons. The van der Waals surface area contributed by atoms with E-state index >= 15 is 0 Å². The van der Waals surface area contributed by atoms with Crippen LogP contribution in [0, 0.1) is 0 Å². The number of benzene rings is 3. The van der Waals surface area contributed by atoms with E-state index in [1.165, 1.54) is 0 Å². The van der Waals surface area contributed by atoms with E-state index in [4.69, 9.17) is 16.6 Å². The first-order chi connectivity index (χ1) is 16.1. The molecular weight excluding hydrogens is 434 g/mol. The van der Waals surface area contributed by atoms with Gasteiger partial charge in [-0.2, -0.15) is 0 Å². The maximum atomic E-state index is 10.5. The third-order valence-corrected chi connectivity index (χ3v) is 5.93. The lowest BCUT2D eigenvalue weighted by atomic mass is 9.97. The summed E-state index contributed by atoms with van der Waals surface area (Å²) in [5.74, 6) is 0.106. The summed E-state index contributed by atoms with van der Waals surface area (Å²) in [7, 11) is 0. The Bertz CT molecular complexity index is 1420. The van der Waals surface area contributed by atoms with Crippen molar-refractivity contribution in [2.75, 3.05) is 11.9 Å². The van der Waals surface area contributed by atoms with Gasteiger partial charge in [-0.05, 0) is 59.0 Å². The second-order valence-electron chi connectivity index (χ2n) is 7.85. The minimum atomic E-state index is -0.279. The van der Waals surface area contributed by atoms with Gasteiger partial charge in [-0.25, -0.2) is 0 Å². The molecule has 0 amide bonds. The minimum Gasteiger partial charge on any atom is -0.507 e. The zero-order chi connectivity index (χ0) is 22.8. The van der Waals surface area contributed by atoms with Gasteiger partial charge in [0.05, 0.1) is 30.2 Å². The van der Waals surface area contributed by atoms with Gasteiger partial charge in [0.25, 0.3) is 0 Å². The largest absolute Gasteiger partial charge is 0.507 e. The molecule has 0 radical (unpaired) electrons. The van der Waals surface area contributed by atoms with Crippen LogP contribution >= 0.6 is 11.6 Å². The number of halogens is 1. The molecular formula is C27H22ClN3O2. The highest BCUT2D eigenvalue weighted by Gasteiger charge is 2.17. The Morgan fingerprint density at radius 3 is 2.61 bits per heavy atom. The summed E-state index contributed by atoms with van der Waals surface area (Å²) in [5, 5.41) is 25.5. The summed E-state index contributed by atoms with van der Waals surface area (Å²) >= 11 is 6.23. The van der Waals surface area contributed by atoms with Crippen LogP contribution in [0.3, 0.4) is 0 Å². The zero-order valence-corrected chi connectivity index (χ0v) is 18.4. The number of phenols is 1. The van der Waals surface area contributed by atoms with Gasteiger partial charge in [-0.3, -0.25) is 4.98 Å². The Morgan fingerprint density at radius 1 is 0.939 bits per heavy atom. The number of pyridine rings is 1. The van der Waals surface area contributed by atoms with E-state index in [-0.39, 0.29) is 18.4 Å². The summed E-state index contributed by atoms with van der Waals surface area (Å²) in [6.45, 7) is -0.0640. The number of aromatic nitrogens is 2. The highest BCUT2D eigenvalue weighted by atomic mass is 35.5. The first kappa shape index (κ1) is 21.1. The van der Waals surface area contributed by atoms with Gasteiger partial charge in [-0.1, -0.05) is 48.0 Å². The summed E-state index contributed by atoms with van der Waals surface area (Å²) in [6, 6.07) is 24.6. The van der Waals surface area contributed by atoms with Gasteiger partial charge in [0.1, 0.15) is 5.75 Å². The number of nitrogens with zero attached hydrogens (tertiary/aromatic N) is 1. The molecule has 4 N–H and O–H groups in total. The molecule has 0 aliphatic heterocycles. The smallest absolute Gasteiger partial charge is 0.125 e. The van der Waals surface area contributed by atoms with Crippen LogP contribution < -0.4 is 5.32 Å². The topological polar surface area (TPSA) is 81.2 Å². The molecule has 33 heavy (non-hydrogen) atoms. The number of aromatic hydroxyl groups is 1. The molecule has 5 aromatic rings. The van der Waals surface area contributed by atoms with E-state index < -0.39 is 0 Å². The molecule has 0 saturated heterocycles. The second kappa shape index (κ2) is 8.98. The number of aliphatic hydroxyl groups excluding tert-OH is 1. The fourth-order valence-corrected chi connectivity index (χ4v) is 4.19. The lowest BCUT2D eigenvalue weighted by molar-refractivity contribution is 0.276. The van der Waals surface area contributed by atoms with Crippen molar-refractivity contribution < 1.29 is 10.2 Å². The van der Waals surface area contributed by atoms with Crippen molar-refractivity contribution in [3.05, 3.63) is 102 Å². The number of fused-ring (bicyclic) bond motifs is 1. The Kier molecular flexibility index (Phi) is 5.73. The normalized spacial score (nSPS) is 12.1. The average molecular weight is 456 g/mol. The molecule has 5 nitrogen and oxygen atoms in total. The molecule has 0 unspecified atom stereocenters. The van der Waals surface area contributed by atoms with Crippen LogP contribution in [0.2, 0.25) is 5.02 Å². The molecule has 0 aliphatic rings. The highest BCUT2D eigenvalue weighted by Crippen LogP contribution is 2.39. The van der Waals surface area contributed by atoms with Crippen LogP contribution in [0.1, 0.15) is 11.6 Å². The molecule has 5 rings (SSSR count). The molecule has 2 aromatic heterocycles. The van der Waals surface area contributed by atoms with Crippen LogP contribution in [-0.4, -0.2) is 26.8 Å². The summed E-state index contributed by atoms with van der Waals surface area (Å²) in [6.07, 6.45) is 3.61. The number of anilines is 1. The molecule has 0 fully saturated rings. The number of rotatable bonds is 6. The van der Waals surface area contributed by atoms with E-state index in [0.29, 0.717) is 16.3 Å². The Balaban J connectivity index is 1.63. The molecule has 1 atom stereocenters. The summed E-state index contributed by atoms with van der Waals surface area (Å²) in [4.78, 5) is 7.92. The number of nitrogens with one attached hydrogen (secondary N) is 2. The molecule has 0 aliphatic carbocycles. The standard InChI is InChI=1S/C27H22ClN3O2/c28-20-7-9-26(33)23(13-20)27-22(18-6-8-24-19(12-18)10-11-29-24)14-21(15-30-27)31-25(16-32)17-4-2-1-3-5-17/h1-15,25,29,31-33H,16H2/t25-/m0/s1. The van der Waals surface area contributed by atoms with Crippen molar-refractivity contribution in [3.8, 4) is 28.1 Å². The molecule has 3 aromatic carbocycles. The molecule has 2 heterocycles. The fourth-order valence-electron chi connectivity index (χ4n) is 4.02. The fraction of sp³-hybridized carbons (Fsp3) is 0.0741. The quantitative estimate of drug-likeness (QED) is 0.239. The maximum absolute atomic E-state index is 10.5. The van der Waals surface area contributed by atoms with Gasteiger partial charge >= 0.3 is 0 Å². The Morgan fingerprint density at radius 2 is 1.79 bits per heavy atom. The Labute approximate surface area is 196 Å². The van der Waals surface area contributed by atoms with Crippen LogP contribution in [0.4, 0.5) is 5.69 Å². The van der Waals surface area contributed by atoms with E-state index in [2.05, 4.69) is 16.4 Å². The second-order valence-corrected chi connectivity index (χ2v) is 8.29. The van der Waals surface area contributed by atoms with Crippen molar-refractivity contribution in [1.82, 2.24) is 9.97 Å². The highest BCUT2D eigenvalue weighted by molar-refractivity contribution is 6.31. The van der Waals surface area contributed by atoms with Crippen LogP contribution in [0.5, 0.6) is 5.75 Å². The van der Waals surface area contributed by atoms with Crippen LogP contribution in [0.15, 0.2) is 91.3 Å². The van der Waals surface area contributed by atoms with Crippen molar-refractivity contribution in [1.29, 1.82) is 0 Å². The van der Waals surface area contributed by atoms with Gasteiger partial charge < -0.3 is 20.5 Å². The molecule has 0 spiro atoms. The average Bonchev–Trinajstić information content (AvgIpc) is 3.32. The first-order valence-corrected chi connectivity index (χ1v) is 11.0. The Hall–Kier alpha value is -3.80. The van der Waals surface area contributed by atoms with Crippen LogP contribution in [-0.2, 0) is 0 Å². The van der Waals surface area contributed by atoms with Gasteiger partial charge in [-0.15, -0.1) is 0 Å². The predicted molar refractivity (Wildman–Crippen MR) is 134 cm³/mol. The van der Waals surface area contributed by atoms with Crippen molar-refractivity contribution in [3.63, 3.8) is 0 Å². The molecule has 6 heteroatoms.